The number of carbonyl (C=O) groups is 1. The SMILES string of the molecule is NCC(F)(F)CNC(=O)c1cc(O)cc(O)c1. The van der Waals surface area contributed by atoms with Crippen molar-refractivity contribution in [2.45, 2.75) is 5.92 Å². The maximum Gasteiger partial charge on any atom is 0.277 e. The molecular weight excluding hydrogens is 234 g/mol. The predicted octanol–water partition coefficient (Wildman–Crippen LogP) is 0.422. The van der Waals surface area contributed by atoms with Gasteiger partial charge in [-0.1, -0.05) is 0 Å². The normalized spacial score (nSPS) is 11.2. The zero-order valence-corrected chi connectivity index (χ0v) is 8.78. The lowest BCUT2D eigenvalue weighted by Gasteiger charge is -2.14. The van der Waals surface area contributed by atoms with Crippen molar-refractivity contribution in [2.75, 3.05) is 13.1 Å². The van der Waals surface area contributed by atoms with Gasteiger partial charge in [0.05, 0.1) is 13.1 Å². The third-order valence-electron chi connectivity index (χ3n) is 1.97. The molecule has 1 aromatic carbocycles. The van der Waals surface area contributed by atoms with Crippen LogP contribution in [0.25, 0.3) is 0 Å². The van der Waals surface area contributed by atoms with E-state index in [1.165, 1.54) is 0 Å². The fourth-order valence-corrected chi connectivity index (χ4v) is 1.11. The molecule has 7 heteroatoms. The summed E-state index contributed by atoms with van der Waals surface area (Å²) >= 11 is 0. The topological polar surface area (TPSA) is 95.6 Å². The van der Waals surface area contributed by atoms with Crippen LogP contribution < -0.4 is 11.1 Å². The van der Waals surface area contributed by atoms with Crippen molar-refractivity contribution >= 4 is 5.91 Å². The standard InChI is InChI=1S/C10H12F2N2O3/c11-10(12,4-13)5-14-9(17)6-1-7(15)3-8(16)2-6/h1-3,15-16H,4-5,13H2,(H,14,17). The Hall–Kier alpha value is -1.89. The number of nitrogens with one attached hydrogen (secondary N) is 1. The molecule has 5 nitrogen and oxygen atoms in total. The molecule has 17 heavy (non-hydrogen) atoms. The van der Waals surface area contributed by atoms with Crippen LogP contribution in [0.1, 0.15) is 10.4 Å². The van der Waals surface area contributed by atoms with Crippen molar-refractivity contribution < 1.29 is 23.8 Å². The van der Waals surface area contributed by atoms with Crippen molar-refractivity contribution in [1.29, 1.82) is 0 Å². The minimum absolute atomic E-state index is 0.115. The monoisotopic (exact) mass is 246 g/mol. The predicted molar refractivity (Wildman–Crippen MR) is 56.1 cm³/mol. The van der Waals surface area contributed by atoms with Crippen molar-refractivity contribution in [2.24, 2.45) is 5.73 Å². The van der Waals surface area contributed by atoms with E-state index in [1.807, 2.05) is 5.32 Å². The summed E-state index contributed by atoms with van der Waals surface area (Å²) in [5, 5.41) is 20.2. The molecule has 0 spiro atoms. The first kappa shape index (κ1) is 13.2. The number of carbonyl (C=O) groups excluding carboxylic acids is 1. The Bertz CT molecular complexity index is 404. The molecule has 0 aliphatic rings. The Balaban J connectivity index is 2.70. The minimum atomic E-state index is -3.19. The van der Waals surface area contributed by atoms with E-state index in [1.54, 1.807) is 0 Å². The number of rotatable bonds is 4. The van der Waals surface area contributed by atoms with Gasteiger partial charge in [-0.15, -0.1) is 0 Å². The van der Waals surface area contributed by atoms with Crippen LogP contribution in [0.5, 0.6) is 11.5 Å². The molecule has 0 fully saturated rings. The number of nitrogens with two attached hydrogens (primary N) is 1. The highest BCUT2D eigenvalue weighted by Gasteiger charge is 2.27. The molecule has 5 N–H and O–H groups in total. The largest absolute Gasteiger partial charge is 0.508 e. The van der Waals surface area contributed by atoms with Gasteiger partial charge in [0.2, 0.25) is 0 Å². The number of hydrogen-bond donors (Lipinski definition) is 4. The van der Waals surface area contributed by atoms with Crippen LogP contribution in [0.4, 0.5) is 8.78 Å². The molecule has 0 bridgehead atoms. The lowest BCUT2D eigenvalue weighted by molar-refractivity contribution is 0.0118. The average Bonchev–Trinajstić information content (AvgIpc) is 2.24. The van der Waals surface area contributed by atoms with Gasteiger partial charge in [-0.05, 0) is 12.1 Å². The molecule has 0 saturated carbocycles. The number of halogens is 2. The number of hydrogen-bond acceptors (Lipinski definition) is 4. The van der Waals surface area contributed by atoms with E-state index < -0.39 is 24.9 Å². The van der Waals surface area contributed by atoms with E-state index in [0.717, 1.165) is 18.2 Å². The molecule has 0 aliphatic heterocycles. The van der Waals surface area contributed by atoms with Gasteiger partial charge in [0.1, 0.15) is 11.5 Å². The van der Waals surface area contributed by atoms with Gasteiger partial charge >= 0.3 is 0 Å². The molecule has 0 saturated heterocycles. The van der Waals surface area contributed by atoms with Crippen LogP contribution in [0.15, 0.2) is 18.2 Å². The van der Waals surface area contributed by atoms with Crippen molar-refractivity contribution in [3.05, 3.63) is 23.8 Å². The quantitative estimate of drug-likeness (QED) is 0.619. The molecular formula is C10H12F2N2O3. The molecule has 0 aromatic heterocycles. The lowest BCUT2D eigenvalue weighted by Crippen LogP contribution is -2.41. The van der Waals surface area contributed by atoms with Crippen LogP contribution in [-0.2, 0) is 0 Å². The van der Waals surface area contributed by atoms with Crippen LogP contribution in [-0.4, -0.2) is 35.1 Å². The summed E-state index contributed by atoms with van der Waals surface area (Å²) in [5.74, 6) is -4.68. The third-order valence-corrected chi connectivity index (χ3v) is 1.97. The Kier molecular flexibility index (Phi) is 3.84. The summed E-state index contributed by atoms with van der Waals surface area (Å²) < 4.78 is 25.5. The number of phenols is 2. The van der Waals surface area contributed by atoms with Gasteiger partial charge in [0, 0.05) is 11.6 Å². The highest BCUT2D eigenvalue weighted by atomic mass is 19.3. The summed E-state index contributed by atoms with van der Waals surface area (Å²) in [6.45, 7) is -1.78. The maximum atomic E-state index is 12.7. The van der Waals surface area contributed by atoms with E-state index in [0.29, 0.717) is 0 Å². The molecule has 0 radical (unpaired) electrons. The summed E-state index contributed by atoms with van der Waals surface area (Å²) in [4.78, 5) is 11.4. The molecule has 1 amide bonds. The zero-order chi connectivity index (χ0) is 13.1. The Labute approximate surface area is 95.9 Å². The smallest absolute Gasteiger partial charge is 0.277 e. The lowest BCUT2D eigenvalue weighted by atomic mass is 10.2. The van der Waals surface area contributed by atoms with Crippen LogP contribution >= 0.6 is 0 Å². The first-order valence-electron chi connectivity index (χ1n) is 4.73. The van der Waals surface area contributed by atoms with Gasteiger partial charge in [0.25, 0.3) is 11.8 Å². The number of aromatic hydroxyl groups is 2. The van der Waals surface area contributed by atoms with E-state index in [2.05, 4.69) is 0 Å². The van der Waals surface area contributed by atoms with Crippen molar-refractivity contribution in [3.63, 3.8) is 0 Å². The molecule has 1 rings (SSSR count). The van der Waals surface area contributed by atoms with E-state index in [4.69, 9.17) is 15.9 Å². The summed E-state index contributed by atoms with van der Waals surface area (Å²) in [6, 6.07) is 3.12. The molecule has 94 valence electrons. The van der Waals surface area contributed by atoms with Crippen LogP contribution in [0, 0.1) is 0 Å². The summed E-state index contributed by atoms with van der Waals surface area (Å²) in [5.41, 5.74) is 4.68. The molecule has 0 heterocycles. The second kappa shape index (κ2) is 4.96. The van der Waals surface area contributed by atoms with E-state index in [9.17, 15) is 13.6 Å². The summed E-state index contributed by atoms with van der Waals surface area (Å²) in [6.07, 6.45) is 0. The number of benzene rings is 1. The zero-order valence-electron chi connectivity index (χ0n) is 8.78. The number of alkyl halides is 2. The van der Waals surface area contributed by atoms with Crippen molar-refractivity contribution in [3.8, 4) is 11.5 Å². The first-order valence-corrected chi connectivity index (χ1v) is 4.73. The Morgan fingerprint density at radius 1 is 1.29 bits per heavy atom. The second-order valence-corrected chi connectivity index (χ2v) is 3.48. The van der Waals surface area contributed by atoms with Crippen LogP contribution in [0.3, 0.4) is 0 Å². The first-order chi connectivity index (χ1) is 7.84. The third kappa shape index (κ3) is 3.87. The molecule has 1 aromatic rings. The maximum absolute atomic E-state index is 12.7. The van der Waals surface area contributed by atoms with Gasteiger partial charge in [-0.25, -0.2) is 8.78 Å². The van der Waals surface area contributed by atoms with Crippen LogP contribution in [0.2, 0.25) is 0 Å². The van der Waals surface area contributed by atoms with E-state index >= 15 is 0 Å². The number of amides is 1. The second-order valence-electron chi connectivity index (χ2n) is 3.48. The van der Waals surface area contributed by atoms with E-state index in [-0.39, 0.29) is 17.1 Å². The highest BCUT2D eigenvalue weighted by molar-refractivity contribution is 5.95. The van der Waals surface area contributed by atoms with Gasteiger partial charge in [0.15, 0.2) is 0 Å². The Morgan fingerprint density at radius 2 is 1.82 bits per heavy atom. The fraction of sp³-hybridized carbons (Fsp3) is 0.300. The average molecular weight is 246 g/mol. The van der Waals surface area contributed by atoms with Crippen molar-refractivity contribution in [1.82, 2.24) is 5.32 Å². The fourth-order valence-electron chi connectivity index (χ4n) is 1.11. The Morgan fingerprint density at radius 3 is 2.29 bits per heavy atom. The number of phenolic OH excluding ortho intramolecular Hbond substituents is 2. The minimum Gasteiger partial charge on any atom is -0.508 e. The van der Waals surface area contributed by atoms with Gasteiger partial charge in [-0.2, -0.15) is 0 Å². The summed E-state index contributed by atoms with van der Waals surface area (Å²) in [7, 11) is 0. The molecule has 0 atom stereocenters. The van der Waals surface area contributed by atoms with Gasteiger partial charge in [-0.3, -0.25) is 4.79 Å². The molecule has 0 unspecified atom stereocenters. The molecule has 0 aliphatic carbocycles. The highest BCUT2D eigenvalue weighted by Crippen LogP contribution is 2.20. The van der Waals surface area contributed by atoms with Gasteiger partial charge < -0.3 is 21.3 Å².